The van der Waals surface area contributed by atoms with Crippen LogP contribution in [0.15, 0.2) is 54.9 Å². The number of rotatable bonds is 6. The molecule has 2 amide bonds. The molecule has 0 saturated carbocycles. The highest BCUT2D eigenvalue weighted by molar-refractivity contribution is 6.01. The molecule has 1 unspecified atom stereocenters. The number of hydrogen-bond donors (Lipinski definition) is 2. The Balaban J connectivity index is 1.75. The van der Waals surface area contributed by atoms with Crippen molar-refractivity contribution >= 4 is 17.5 Å². The molecule has 0 radical (unpaired) electrons. The van der Waals surface area contributed by atoms with Crippen molar-refractivity contribution in [3.63, 3.8) is 0 Å². The molecule has 3 rings (SSSR count). The Kier molecular flexibility index (Phi) is 6.25. The Morgan fingerprint density at radius 3 is 2.40 bits per heavy atom. The van der Waals surface area contributed by atoms with Gasteiger partial charge in [-0.2, -0.15) is 0 Å². The van der Waals surface area contributed by atoms with Crippen molar-refractivity contribution in [3.8, 4) is 5.69 Å². The molecule has 156 valence electrons. The Morgan fingerprint density at radius 2 is 1.80 bits per heavy atom. The van der Waals surface area contributed by atoms with Crippen LogP contribution in [0.2, 0.25) is 0 Å². The number of carbonyl (C=O) groups is 2. The highest BCUT2D eigenvalue weighted by Gasteiger charge is 2.26. The van der Waals surface area contributed by atoms with Gasteiger partial charge < -0.3 is 15.2 Å². The minimum atomic E-state index is -0.935. The van der Waals surface area contributed by atoms with E-state index in [1.54, 1.807) is 43.8 Å². The number of aromatic nitrogens is 2. The van der Waals surface area contributed by atoms with Gasteiger partial charge in [-0.15, -0.1) is 0 Å². The first kappa shape index (κ1) is 21.2. The second-order valence-electron chi connectivity index (χ2n) is 7.17. The zero-order chi connectivity index (χ0) is 21.8. The van der Waals surface area contributed by atoms with Gasteiger partial charge in [-0.25, -0.2) is 13.8 Å². The molecule has 6 nitrogen and oxygen atoms in total. The molecule has 2 N–H and O–H groups in total. The maximum absolute atomic E-state index is 14.6. The standard InChI is InChI=1S/C22H22F2N4O2/c1-13(2)20(27-21(29)16-6-4-5-7-17(16)23)22(30)26-15-8-9-19(18(24)12-15)28-11-10-25-14(28)3/h4-13,20H,1-3H3,(H,26,30)(H,27,29). The van der Waals surface area contributed by atoms with Gasteiger partial charge in [0.2, 0.25) is 5.91 Å². The third kappa shape index (κ3) is 4.53. The highest BCUT2D eigenvalue weighted by Crippen LogP contribution is 2.20. The molecular formula is C22H22F2N4O2. The summed E-state index contributed by atoms with van der Waals surface area (Å²) >= 11 is 0. The van der Waals surface area contributed by atoms with Crippen LogP contribution in [0.5, 0.6) is 0 Å². The molecule has 0 aliphatic heterocycles. The first-order chi connectivity index (χ1) is 14.3. The predicted molar refractivity (Wildman–Crippen MR) is 109 cm³/mol. The van der Waals surface area contributed by atoms with E-state index in [1.807, 2.05) is 0 Å². The lowest BCUT2D eigenvalue weighted by Crippen LogP contribution is -2.47. The van der Waals surface area contributed by atoms with E-state index in [4.69, 9.17) is 0 Å². The van der Waals surface area contributed by atoms with E-state index < -0.39 is 29.5 Å². The second kappa shape index (κ2) is 8.86. The van der Waals surface area contributed by atoms with Crippen molar-refractivity contribution in [2.45, 2.75) is 26.8 Å². The van der Waals surface area contributed by atoms with Gasteiger partial charge in [0.05, 0.1) is 11.3 Å². The van der Waals surface area contributed by atoms with Crippen LogP contribution in [0.3, 0.4) is 0 Å². The van der Waals surface area contributed by atoms with Crippen molar-refractivity contribution in [2.24, 2.45) is 5.92 Å². The van der Waals surface area contributed by atoms with E-state index in [9.17, 15) is 18.4 Å². The summed E-state index contributed by atoms with van der Waals surface area (Å²) in [7, 11) is 0. The lowest BCUT2D eigenvalue weighted by Gasteiger charge is -2.22. The summed E-state index contributed by atoms with van der Waals surface area (Å²) in [6, 6.07) is 8.88. The smallest absolute Gasteiger partial charge is 0.254 e. The van der Waals surface area contributed by atoms with E-state index >= 15 is 0 Å². The van der Waals surface area contributed by atoms with Gasteiger partial charge in [-0.3, -0.25) is 9.59 Å². The monoisotopic (exact) mass is 412 g/mol. The fraction of sp³-hybridized carbons (Fsp3) is 0.227. The number of carbonyl (C=O) groups excluding carboxylic acids is 2. The van der Waals surface area contributed by atoms with Crippen LogP contribution < -0.4 is 10.6 Å². The summed E-state index contributed by atoms with van der Waals surface area (Å²) in [6.07, 6.45) is 3.20. The van der Waals surface area contributed by atoms with Crippen LogP contribution in [-0.4, -0.2) is 27.4 Å². The zero-order valence-corrected chi connectivity index (χ0v) is 16.8. The molecule has 2 aromatic carbocycles. The van der Waals surface area contributed by atoms with Crippen molar-refractivity contribution in [3.05, 3.63) is 77.9 Å². The molecule has 0 aliphatic rings. The summed E-state index contributed by atoms with van der Waals surface area (Å²) < 4.78 is 30.0. The number of aryl methyl sites for hydroxylation is 1. The maximum atomic E-state index is 14.6. The normalized spacial score (nSPS) is 11.9. The average molecular weight is 412 g/mol. The molecule has 8 heteroatoms. The minimum Gasteiger partial charge on any atom is -0.340 e. The first-order valence-electron chi connectivity index (χ1n) is 9.44. The van der Waals surface area contributed by atoms with Gasteiger partial charge >= 0.3 is 0 Å². The molecule has 0 saturated heterocycles. The minimum absolute atomic E-state index is 0.151. The quantitative estimate of drug-likeness (QED) is 0.646. The maximum Gasteiger partial charge on any atom is 0.254 e. The van der Waals surface area contributed by atoms with Gasteiger partial charge in [0, 0.05) is 18.1 Å². The average Bonchev–Trinajstić information content (AvgIpc) is 3.11. The Hall–Kier alpha value is -3.55. The molecule has 0 fully saturated rings. The third-order valence-electron chi connectivity index (χ3n) is 4.65. The first-order valence-corrected chi connectivity index (χ1v) is 9.44. The van der Waals surface area contributed by atoms with Crippen molar-refractivity contribution in [1.29, 1.82) is 0 Å². The molecule has 3 aromatic rings. The van der Waals surface area contributed by atoms with Crippen molar-refractivity contribution in [2.75, 3.05) is 5.32 Å². The number of nitrogens with one attached hydrogen (secondary N) is 2. The largest absolute Gasteiger partial charge is 0.340 e. The Labute approximate surface area is 172 Å². The Morgan fingerprint density at radius 1 is 1.07 bits per heavy atom. The summed E-state index contributed by atoms with van der Waals surface area (Å²) in [4.78, 5) is 29.2. The van der Waals surface area contributed by atoms with Crippen LogP contribution >= 0.6 is 0 Å². The highest BCUT2D eigenvalue weighted by atomic mass is 19.1. The van der Waals surface area contributed by atoms with Gasteiger partial charge in [0.15, 0.2) is 0 Å². The summed E-state index contributed by atoms with van der Waals surface area (Å²) in [6.45, 7) is 5.25. The molecule has 1 atom stereocenters. The van der Waals surface area contributed by atoms with Crippen LogP contribution in [0.1, 0.15) is 30.0 Å². The van der Waals surface area contributed by atoms with Crippen LogP contribution in [-0.2, 0) is 4.79 Å². The summed E-state index contributed by atoms with van der Waals surface area (Å²) in [5.41, 5.74) is 0.392. The zero-order valence-electron chi connectivity index (χ0n) is 16.8. The molecule has 0 spiro atoms. The van der Waals surface area contributed by atoms with Crippen LogP contribution in [0.25, 0.3) is 5.69 Å². The van der Waals surface area contributed by atoms with Gasteiger partial charge in [0.25, 0.3) is 5.91 Å². The van der Waals surface area contributed by atoms with Crippen molar-refractivity contribution in [1.82, 2.24) is 14.9 Å². The van der Waals surface area contributed by atoms with E-state index in [-0.39, 0.29) is 17.2 Å². The predicted octanol–water partition coefficient (Wildman–Crippen LogP) is 3.85. The topological polar surface area (TPSA) is 76.0 Å². The van der Waals surface area contributed by atoms with E-state index in [2.05, 4.69) is 15.6 Å². The third-order valence-corrected chi connectivity index (χ3v) is 4.65. The fourth-order valence-electron chi connectivity index (χ4n) is 3.03. The molecule has 0 aliphatic carbocycles. The lowest BCUT2D eigenvalue weighted by molar-refractivity contribution is -0.118. The van der Waals surface area contributed by atoms with E-state index in [0.29, 0.717) is 11.5 Å². The van der Waals surface area contributed by atoms with Crippen molar-refractivity contribution < 1.29 is 18.4 Å². The summed E-state index contributed by atoms with van der Waals surface area (Å²) in [5.74, 6) is -2.09. The van der Waals surface area contributed by atoms with Crippen LogP contribution in [0, 0.1) is 24.5 Å². The number of nitrogens with zero attached hydrogens (tertiary/aromatic N) is 2. The van der Waals surface area contributed by atoms with Gasteiger partial charge in [-0.05, 0) is 43.2 Å². The molecular weight excluding hydrogens is 390 g/mol. The molecule has 1 heterocycles. The SMILES string of the molecule is Cc1nccn1-c1ccc(NC(=O)C(NC(=O)c2ccccc2F)C(C)C)cc1F. The number of benzene rings is 2. The molecule has 0 bridgehead atoms. The van der Waals surface area contributed by atoms with E-state index in [1.165, 1.54) is 36.4 Å². The van der Waals surface area contributed by atoms with Gasteiger partial charge in [-0.1, -0.05) is 26.0 Å². The number of imidazole rings is 1. The Bertz CT molecular complexity index is 1080. The fourth-order valence-corrected chi connectivity index (χ4v) is 3.03. The number of hydrogen-bond acceptors (Lipinski definition) is 3. The van der Waals surface area contributed by atoms with Gasteiger partial charge in [0.1, 0.15) is 23.5 Å². The number of amides is 2. The number of anilines is 1. The molecule has 30 heavy (non-hydrogen) atoms. The van der Waals surface area contributed by atoms with E-state index in [0.717, 1.165) is 0 Å². The second-order valence-corrected chi connectivity index (χ2v) is 7.17. The number of halogens is 2. The molecule has 1 aromatic heterocycles. The van der Waals surface area contributed by atoms with Crippen LogP contribution in [0.4, 0.5) is 14.5 Å². The lowest BCUT2D eigenvalue weighted by atomic mass is 10.0. The summed E-state index contributed by atoms with van der Waals surface area (Å²) in [5, 5.41) is 5.16.